The summed E-state index contributed by atoms with van der Waals surface area (Å²) in [7, 11) is 1.65. The molecule has 1 amide bonds. The molecule has 0 aromatic heterocycles. The number of benzene rings is 2. The Bertz CT molecular complexity index is 768. The number of ether oxygens (including phenoxy) is 2. The van der Waals surface area contributed by atoms with E-state index in [4.69, 9.17) is 9.47 Å². The van der Waals surface area contributed by atoms with Crippen molar-refractivity contribution in [2.24, 2.45) is 5.92 Å². The third-order valence-corrected chi connectivity index (χ3v) is 4.80. The van der Waals surface area contributed by atoms with Gasteiger partial charge in [-0.15, -0.1) is 0 Å². The highest BCUT2D eigenvalue weighted by atomic mass is 16.5. The average molecular weight is 384 g/mol. The van der Waals surface area contributed by atoms with Crippen molar-refractivity contribution in [2.45, 2.75) is 59.6 Å². The lowest BCUT2D eigenvalue weighted by Crippen LogP contribution is -2.40. The Morgan fingerprint density at radius 1 is 1.07 bits per heavy atom. The van der Waals surface area contributed by atoms with Gasteiger partial charge in [0.15, 0.2) is 6.10 Å². The van der Waals surface area contributed by atoms with Crippen LogP contribution in [0.3, 0.4) is 0 Å². The highest BCUT2D eigenvalue weighted by molar-refractivity contribution is 5.81. The molecule has 2 aromatic rings. The van der Waals surface area contributed by atoms with Crippen LogP contribution in [-0.2, 0) is 4.79 Å². The lowest BCUT2D eigenvalue weighted by Gasteiger charge is -2.25. The molecule has 0 spiro atoms. The highest BCUT2D eigenvalue weighted by Gasteiger charge is 2.24. The summed E-state index contributed by atoms with van der Waals surface area (Å²) in [5.41, 5.74) is 3.29. The molecule has 0 heterocycles. The molecule has 0 saturated heterocycles. The van der Waals surface area contributed by atoms with E-state index in [1.54, 1.807) is 7.11 Å². The largest absolute Gasteiger partial charge is 0.497 e. The molecule has 0 radical (unpaired) electrons. The first kappa shape index (κ1) is 21.8. The zero-order chi connectivity index (χ0) is 20.7. The van der Waals surface area contributed by atoms with Gasteiger partial charge in [-0.05, 0) is 61.9 Å². The van der Waals surface area contributed by atoms with E-state index in [-0.39, 0.29) is 11.9 Å². The second-order valence-corrected chi connectivity index (χ2v) is 7.75. The Morgan fingerprint density at radius 2 is 1.75 bits per heavy atom. The second kappa shape index (κ2) is 10.2. The smallest absolute Gasteiger partial charge is 0.261 e. The third-order valence-electron chi connectivity index (χ3n) is 4.80. The van der Waals surface area contributed by atoms with E-state index in [1.165, 1.54) is 5.56 Å². The van der Waals surface area contributed by atoms with Crippen molar-refractivity contribution < 1.29 is 14.3 Å². The van der Waals surface area contributed by atoms with Gasteiger partial charge in [-0.3, -0.25) is 4.79 Å². The maximum atomic E-state index is 13.0. The molecule has 0 saturated carbocycles. The molecule has 0 aliphatic carbocycles. The predicted octanol–water partition coefficient (Wildman–Crippen LogP) is 5.37. The van der Waals surface area contributed by atoms with E-state index in [0.29, 0.717) is 12.3 Å². The van der Waals surface area contributed by atoms with Crippen LogP contribution in [0.4, 0.5) is 0 Å². The van der Waals surface area contributed by atoms with E-state index in [0.717, 1.165) is 29.0 Å². The molecule has 0 bridgehead atoms. The van der Waals surface area contributed by atoms with Crippen LogP contribution >= 0.6 is 0 Å². The number of nitrogens with one attached hydrogen (secondary N) is 1. The maximum Gasteiger partial charge on any atom is 0.261 e. The number of carbonyl (C=O) groups is 1. The molecule has 4 heteroatoms. The molecule has 2 atom stereocenters. The molecular formula is C24H33NO3. The van der Waals surface area contributed by atoms with Crippen LogP contribution in [0.15, 0.2) is 42.5 Å². The minimum absolute atomic E-state index is 0.0600. The minimum Gasteiger partial charge on any atom is -0.497 e. The molecule has 0 aliphatic heterocycles. The molecule has 0 fully saturated rings. The number of rotatable bonds is 9. The van der Waals surface area contributed by atoms with Crippen molar-refractivity contribution in [1.29, 1.82) is 0 Å². The average Bonchev–Trinajstić information content (AvgIpc) is 2.66. The number of hydrogen-bond donors (Lipinski definition) is 1. The Labute approximate surface area is 169 Å². The maximum absolute atomic E-state index is 13.0. The monoisotopic (exact) mass is 383 g/mol. The zero-order valence-corrected chi connectivity index (χ0v) is 17.9. The van der Waals surface area contributed by atoms with Crippen LogP contribution in [-0.4, -0.2) is 19.1 Å². The topological polar surface area (TPSA) is 47.6 Å². The van der Waals surface area contributed by atoms with Gasteiger partial charge in [0.05, 0.1) is 13.2 Å². The van der Waals surface area contributed by atoms with Crippen molar-refractivity contribution in [3.63, 3.8) is 0 Å². The fourth-order valence-corrected chi connectivity index (χ4v) is 3.26. The van der Waals surface area contributed by atoms with Gasteiger partial charge in [0.25, 0.3) is 5.91 Å². The van der Waals surface area contributed by atoms with Gasteiger partial charge in [0.1, 0.15) is 11.5 Å². The first-order valence-electron chi connectivity index (χ1n) is 10.0. The number of methoxy groups -OCH3 is 1. The van der Waals surface area contributed by atoms with Crippen molar-refractivity contribution in [3.05, 3.63) is 59.2 Å². The predicted molar refractivity (Wildman–Crippen MR) is 114 cm³/mol. The zero-order valence-electron chi connectivity index (χ0n) is 17.9. The van der Waals surface area contributed by atoms with Crippen LogP contribution in [0.25, 0.3) is 0 Å². The highest BCUT2D eigenvalue weighted by Crippen LogP contribution is 2.25. The summed E-state index contributed by atoms with van der Waals surface area (Å²) in [4.78, 5) is 13.0. The summed E-state index contributed by atoms with van der Waals surface area (Å²) in [5, 5.41) is 3.20. The lowest BCUT2D eigenvalue weighted by atomic mass is 9.96. The van der Waals surface area contributed by atoms with Crippen LogP contribution in [0.2, 0.25) is 0 Å². The van der Waals surface area contributed by atoms with E-state index in [2.05, 4.69) is 25.2 Å². The van der Waals surface area contributed by atoms with Crippen molar-refractivity contribution in [1.82, 2.24) is 5.32 Å². The Morgan fingerprint density at radius 3 is 2.29 bits per heavy atom. The molecule has 1 N–H and O–H groups in total. The van der Waals surface area contributed by atoms with Gasteiger partial charge in [0.2, 0.25) is 0 Å². The van der Waals surface area contributed by atoms with E-state index in [1.807, 2.05) is 57.2 Å². The fourth-order valence-electron chi connectivity index (χ4n) is 3.26. The summed E-state index contributed by atoms with van der Waals surface area (Å²) in [6.07, 6.45) is 0.947. The minimum atomic E-state index is -0.519. The second-order valence-electron chi connectivity index (χ2n) is 7.75. The van der Waals surface area contributed by atoms with Crippen LogP contribution in [0.1, 0.15) is 56.3 Å². The van der Waals surface area contributed by atoms with Gasteiger partial charge in [-0.25, -0.2) is 0 Å². The SMILES string of the molecule is CC[C@H](Oc1ccc(C)cc1C)C(=O)N[C@@H](CC(C)C)c1ccc(OC)cc1. The molecule has 0 unspecified atom stereocenters. The summed E-state index contributed by atoms with van der Waals surface area (Å²) in [6, 6.07) is 13.8. The molecular weight excluding hydrogens is 350 g/mol. The quantitative estimate of drug-likeness (QED) is 0.633. The number of hydrogen-bond acceptors (Lipinski definition) is 3. The summed E-state index contributed by atoms with van der Waals surface area (Å²) in [5.74, 6) is 1.94. The molecule has 4 nitrogen and oxygen atoms in total. The van der Waals surface area contributed by atoms with Crippen LogP contribution < -0.4 is 14.8 Å². The Kier molecular flexibility index (Phi) is 7.91. The van der Waals surface area contributed by atoms with Crippen molar-refractivity contribution in [2.75, 3.05) is 7.11 Å². The number of aryl methyl sites for hydroxylation is 2. The van der Waals surface area contributed by atoms with Crippen molar-refractivity contribution in [3.8, 4) is 11.5 Å². The fraction of sp³-hybridized carbons (Fsp3) is 0.458. The number of amides is 1. The normalized spacial score (nSPS) is 13.1. The van der Waals surface area contributed by atoms with Crippen LogP contribution in [0, 0.1) is 19.8 Å². The molecule has 152 valence electrons. The molecule has 0 aliphatic rings. The van der Waals surface area contributed by atoms with Gasteiger partial charge in [-0.1, -0.05) is 50.6 Å². The summed E-state index contributed by atoms with van der Waals surface area (Å²) >= 11 is 0. The van der Waals surface area contributed by atoms with E-state index >= 15 is 0 Å². The molecule has 2 aromatic carbocycles. The Balaban J connectivity index is 2.14. The molecule has 28 heavy (non-hydrogen) atoms. The van der Waals surface area contributed by atoms with Gasteiger partial charge >= 0.3 is 0 Å². The number of carbonyl (C=O) groups excluding carboxylic acids is 1. The van der Waals surface area contributed by atoms with Crippen LogP contribution in [0.5, 0.6) is 11.5 Å². The lowest BCUT2D eigenvalue weighted by molar-refractivity contribution is -0.129. The first-order chi connectivity index (χ1) is 13.3. The standard InChI is InChI=1S/C24H33NO3/c1-7-22(28-23-13-8-17(4)15-18(23)5)24(26)25-21(14-16(2)3)19-9-11-20(27-6)12-10-19/h8-13,15-16,21-22H,7,14H2,1-6H3,(H,25,26)/t21-,22-/m0/s1. The molecule has 2 rings (SSSR count). The van der Waals surface area contributed by atoms with E-state index < -0.39 is 6.10 Å². The summed E-state index contributed by atoms with van der Waals surface area (Å²) in [6.45, 7) is 10.3. The third kappa shape index (κ3) is 6.01. The first-order valence-corrected chi connectivity index (χ1v) is 10.0. The van der Waals surface area contributed by atoms with Gasteiger partial charge in [-0.2, -0.15) is 0 Å². The van der Waals surface area contributed by atoms with E-state index in [9.17, 15) is 4.79 Å². The Hall–Kier alpha value is -2.49. The van der Waals surface area contributed by atoms with Gasteiger partial charge in [0, 0.05) is 0 Å². The summed E-state index contributed by atoms with van der Waals surface area (Å²) < 4.78 is 11.3. The van der Waals surface area contributed by atoms with Gasteiger partial charge < -0.3 is 14.8 Å². The van der Waals surface area contributed by atoms with Crippen molar-refractivity contribution >= 4 is 5.91 Å².